The summed E-state index contributed by atoms with van der Waals surface area (Å²) in [4.78, 5) is 128. The Morgan fingerprint density at radius 3 is 2.14 bits per heavy atom. The maximum absolute atomic E-state index is 14.9. The summed E-state index contributed by atoms with van der Waals surface area (Å²) < 4.78 is 23.5. The Morgan fingerprint density at radius 2 is 1.51 bits per heavy atom. The van der Waals surface area contributed by atoms with Crippen molar-refractivity contribution in [1.82, 2.24) is 35.6 Å². The number of hydrogen-bond acceptors (Lipinski definition) is 14. The summed E-state index contributed by atoms with van der Waals surface area (Å²) >= 11 is 0. The standard InChI is InChI=1S/C64H93N7O14/c1-13-41(6)57(52(82-11)37-55(75)70-33-22-27-49(70)59(83-12)42(7)60(77)66-43(8)58(76)45-23-18-17-19-24-45)68(9)62(79)47(39(2)3)36-50(72)56(40(4)5)69(10)64(81)84-38-44-28-29-51(85-63(80)67-46-25-20-15-14-16-21-26-46)48(35-44)61(78)65-32-34-71-53(73)30-31-54(71)74/h17-20,23-25,28-31,35,39-43,46-47,49,52,56-59,76H,13-16,21-22,26-27,32-34,36-38H2,1-12H3,(H,65,78)(H,66,77)(H,67,80)/b25-20+/t41-,42+,43+,46?,47-,49-,52+,56-,57-,58+,59+/m0/s1. The fourth-order valence-electron chi connectivity index (χ4n) is 11.8. The van der Waals surface area contributed by atoms with E-state index < -0.39 is 90.1 Å². The van der Waals surface area contributed by atoms with Gasteiger partial charge in [0.2, 0.25) is 17.7 Å². The van der Waals surface area contributed by atoms with Gasteiger partial charge in [0.15, 0.2) is 5.78 Å². The number of ether oxygens (including phenoxy) is 4. The molecule has 1 saturated heterocycles. The fraction of sp³-hybridized carbons (Fsp3) is 0.609. The Kier molecular flexibility index (Phi) is 26.8. The number of imide groups is 1. The number of allylic oxidation sites excluding steroid dienone is 1. The van der Waals surface area contributed by atoms with Crippen LogP contribution in [0, 0.1) is 29.6 Å². The van der Waals surface area contributed by atoms with Gasteiger partial charge in [-0.1, -0.05) is 116 Å². The number of carbonyl (C=O) groups is 9. The summed E-state index contributed by atoms with van der Waals surface area (Å²) in [5.74, 6) is -5.42. The number of rotatable bonds is 29. The van der Waals surface area contributed by atoms with Crippen LogP contribution in [0.3, 0.4) is 0 Å². The maximum Gasteiger partial charge on any atom is 0.413 e. The van der Waals surface area contributed by atoms with Crippen LogP contribution in [0.15, 0.2) is 72.8 Å². The predicted octanol–water partition coefficient (Wildman–Crippen LogP) is 7.30. The van der Waals surface area contributed by atoms with Crippen LogP contribution in [0.5, 0.6) is 5.75 Å². The van der Waals surface area contributed by atoms with Crippen LogP contribution < -0.4 is 20.7 Å². The van der Waals surface area contributed by atoms with Crippen LogP contribution in [0.2, 0.25) is 0 Å². The first-order chi connectivity index (χ1) is 40.4. The van der Waals surface area contributed by atoms with Crippen LogP contribution in [-0.2, 0) is 49.6 Å². The van der Waals surface area contributed by atoms with Crippen molar-refractivity contribution in [2.75, 3.05) is 47.9 Å². The van der Waals surface area contributed by atoms with E-state index in [1.54, 1.807) is 56.7 Å². The van der Waals surface area contributed by atoms with E-state index in [1.165, 1.54) is 44.4 Å². The minimum Gasteiger partial charge on any atom is -0.445 e. The Morgan fingerprint density at radius 1 is 0.812 bits per heavy atom. The minimum absolute atomic E-state index is 0.0736. The number of benzene rings is 2. The highest BCUT2D eigenvalue weighted by atomic mass is 16.6. The van der Waals surface area contributed by atoms with Gasteiger partial charge >= 0.3 is 12.2 Å². The molecular formula is C64H93N7O14. The summed E-state index contributed by atoms with van der Waals surface area (Å²) in [6.07, 6.45) is 8.50. The van der Waals surface area contributed by atoms with Gasteiger partial charge in [0.25, 0.3) is 17.7 Å². The van der Waals surface area contributed by atoms with Gasteiger partial charge in [0, 0.05) is 72.4 Å². The van der Waals surface area contributed by atoms with Crippen molar-refractivity contribution in [3.05, 3.63) is 89.5 Å². The van der Waals surface area contributed by atoms with Crippen LogP contribution in [0.25, 0.3) is 0 Å². The normalized spacial score (nSPS) is 19.8. The van der Waals surface area contributed by atoms with E-state index in [4.69, 9.17) is 18.9 Å². The van der Waals surface area contributed by atoms with E-state index in [1.807, 2.05) is 58.0 Å². The molecule has 0 aromatic heterocycles. The van der Waals surface area contributed by atoms with Crippen molar-refractivity contribution >= 4 is 53.4 Å². The Labute approximate surface area is 501 Å². The largest absolute Gasteiger partial charge is 0.445 e. The van der Waals surface area contributed by atoms with Gasteiger partial charge in [0.05, 0.1) is 66.4 Å². The Balaban J connectivity index is 1.26. The molecule has 0 saturated carbocycles. The highest BCUT2D eigenvalue weighted by molar-refractivity contribution is 6.13. The van der Waals surface area contributed by atoms with Gasteiger partial charge < -0.3 is 54.7 Å². The van der Waals surface area contributed by atoms with Crippen LogP contribution in [-0.4, -0.2) is 168 Å². The maximum atomic E-state index is 14.9. The molecule has 0 spiro atoms. The lowest BCUT2D eigenvalue weighted by molar-refractivity contribution is -0.149. The van der Waals surface area contributed by atoms with Gasteiger partial charge in [-0.25, -0.2) is 9.59 Å². The second kappa shape index (κ2) is 33.1. The molecule has 4 N–H and O–H groups in total. The summed E-state index contributed by atoms with van der Waals surface area (Å²) in [6.45, 7) is 14.6. The van der Waals surface area contributed by atoms with Crippen LogP contribution in [0.4, 0.5) is 9.59 Å². The van der Waals surface area contributed by atoms with Crippen molar-refractivity contribution in [3.8, 4) is 5.75 Å². The zero-order chi connectivity index (χ0) is 62.7. The number of ketones is 1. The van der Waals surface area contributed by atoms with E-state index in [2.05, 4.69) is 16.0 Å². The molecule has 21 nitrogen and oxygen atoms in total. The average Bonchev–Trinajstić information content (AvgIpc) is 3.70. The van der Waals surface area contributed by atoms with Crippen molar-refractivity contribution < 1.29 is 67.2 Å². The molecule has 468 valence electrons. The van der Waals surface area contributed by atoms with E-state index >= 15 is 0 Å². The highest BCUT2D eigenvalue weighted by Crippen LogP contribution is 2.32. The smallest absolute Gasteiger partial charge is 0.413 e. The molecule has 0 bridgehead atoms. The number of aliphatic hydroxyl groups excluding tert-OH is 1. The lowest BCUT2D eigenvalue weighted by atomic mass is 9.83. The Hall–Kier alpha value is -6.97. The van der Waals surface area contributed by atoms with Crippen molar-refractivity contribution in [1.29, 1.82) is 0 Å². The second-order valence-electron chi connectivity index (χ2n) is 23.6. The first-order valence-electron chi connectivity index (χ1n) is 30.1. The van der Waals surface area contributed by atoms with Gasteiger partial charge in [-0.3, -0.25) is 38.5 Å². The second-order valence-corrected chi connectivity index (χ2v) is 23.6. The van der Waals surface area contributed by atoms with Crippen molar-refractivity contribution in [2.45, 2.75) is 175 Å². The third-order valence-electron chi connectivity index (χ3n) is 16.9. The van der Waals surface area contributed by atoms with Crippen LogP contribution >= 0.6 is 0 Å². The molecule has 1 fully saturated rings. The number of nitrogens with one attached hydrogen (secondary N) is 3. The number of likely N-dealkylation sites (tertiary alicyclic amines) is 1. The van der Waals surface area contributed by atoms with Crippen molar-refractivity contribution in [2.24, 2.45) is 29.6 Å². The molecule has 1 unspecified atom stereocenters. The quantitative estimate of drug-likeness (QED) is 0.0460. The third kappa shape index (κ3) is 18.8. The number of nitrogens with zero attached hydrogens (tertiary/aromatic N) is 4. The molecule has 2 aliphatic heterocycles. The van der Waals surface area contributed by atoms with Gasteiger partial charge in [0.1, 0.15) is 12.4 Å². The number of amides is 8. The number of hydrogen-bond donors (Lipinski definition) is 4. The lowest BCUT2D eigenvalue weighted by Gasteiger charge is -2.41. The number of methoxy groups -OCH3 is 2. The molecular weight excluding hydrogens is 1090 g/mol. The predicted molar refractivity (Wildman–Crippen MR) is 319 cm³/mol. The van der Waals surface area contributed by atoms with E-state index in [0.29, 0.717) is 43.4 Å². The summed E-state index contributed by atoms with van der Waals surface area (Å²) in [5, 5.41) is 19.4. The van der Waals surface area contributed by atoms with Crippen LogP contribution in [0.1, 0.15) is 147 Å². The number of likely N-dealkylation sites (N-methyl/N-ethyl adjacent to an activating group) is 2. The van der Waals surface area contributed by atoms with Crippen molar-refractivity contribution in [3.63, 3.8) is 0 Å². The molecule has 3 aliphatic rings. The van der Waals surface area contributed by atoms with E-state index in [-0.39, 0.29) is 85.2 Å². The number of carbonyl (C=O) groups excluding carboxylic acids is 9. The molecule has 11 atom stereocenters. The Bertz CT molecular complexity index is 2660. The van der Waals surface area contributed by atoms with E-state index in [9.17, 15) is 48.3 Å². The molecule has 2 heterocycles. The molecule has 2 aromatic rings. The molecule has 1 aliphatic carbocycles. The average molecular weight is 1180 g/mol. The first kappa shape index (κ1) is 68.8. The van der Waals surface area contributed by atoms with Gasteiger partial charge in [-0.15, -0.1) is 0 Å². The molecule has 8 amide bonds. The number of aliphatic hydroxyl groups is 1. The topological polar surface area (TPSA) is 260 Å². The summed E-state index contributed by atoms with van der Waals surface area (Å²) in [6, 6.07) is 10.5. The van der Waals surface area contributed by atoms with Gasteiger partial charge in [-0.05, 0) is 80.0 Å². The third-order valence-corrected chi connectivity index (χ3v) is 16.9. The molecule has 0 radical (unpaired) electrons. The highest BCUT2D eigenvalue weighted by Gasteiger charge is 2.44. The lowest BCUT2D eigenvalue weighted by Crippen LogP contribution is -2.55. The zero-order valence-electron chi connectivity index (χ0n) is 51.9. The molecule has 21 heteroatoms. The molecule has 2 aromatic carbocycles. The molecule has 5 rings (SSSR count). The monoisotopic (exact) mass is 1180 g/mol. The van der Waals surface area contributed by atoms with E-state index in [0.717, 1.165) is 42.7 Å². The SMILES string of the molecule is CC[C@H](C)[C@@H]([C@@H](CC(=O)N1CCC[C@H]1[C@H](OC)[C@@H](C)C(=O)N[C@H](C)[C@@H](O)c1ccccc1)OC)N(C)C(=O)[C@@H](CC(=O)[C@H](C(C)C)N(C)C(=O)OCc1ccc(OC(=O)NC2/C=C/CCCCC2)c(C(=O)NCCN2C(=O)C=CC2=O)c1)C(C)C. The summed E-state index contributed by atoms with van der Waals surface area (Å²) in [7, 11) is 6.15. The minimum atomic E-state index is -1.02. The first-order valence-corrected chi connectivity index (χ1v) is 30.1. The molecule has 85 heavy (non-hydrogen) atoms. The summed E-state index contributed by atoms with van der Waals surface area (Å²) in [5.41, 5.74) is 0.930. The number of Topliss-reactive ketones (excluding diaryl/α,β-unsaturated/α-hetero) is 1. The fourth-order valence-corrected chi connectivity index (χ4v) is 11.8. The zero-order valence-corrected chi connectivity index (χ0v) is 51.9. The van der Waals surface area contributed by atoms with Gasteiger partial charge in [-0.2, -0.15) is 0 Å².